The van der Waals surface area contributed by atoms with Gasteiger partial charge in [0.1, 0.15) is 28.9 Å². The fourth-order valence-corrected chi connectivity index (χ4v) is 6.54. The first kappa shape index (κ1) is 28.2. The maximum absolute atomic E-state index is 14.4. The molecule has 1 aromatic carbocycles. The quantitative estimate of drug-likeness (QED) is 0.419. The molecule has 0 unspecified atom stereocenters. The van der Waals surface area contributed by atoms with E-state index in [2.05, 4.69) is 20.3 Å². The van der Waals surface area contributed by atoms with Crippen LogP contribution in [0.25, 0.3) is 0 Å². The molecule has 1 spiro atoms. The van der Waals surface area contributed by atoms with Gasteiger partial charge in [-0.15, -0.1) is 0 Å². The Labute approximate surface area is 245 Å². The number of nitrogens with one attached hydrogen (secondary N) is 1. The van der Waals surface area contributed by atoms with Gasteiger partial charge in [0.2, 0.25) is 11.8 Å². The SMILES string of the molecule is COc1ncncc1N1CC2(C1)C(=O)N(CC1CCC(NC(=O)c3cc(Cl)cnc3C(F)F)CC1)c1cc(F)ccc12. The lowest BCUT2D eigenvalue weighted by Crippen LogP contribution is -2.64. The van der Waals surface area contributed by atoms with Crippen molar-refractivity contribution >= 4 is 34.8 Å². The van der Waals surface area contributed by atoms with Crippen molar-refractivity contribution in [3.63, 3.8) is 0 Å². The van der Waals surface area contributed by atoms with E-state index < -0.39 is 29.3 Å². The summed E-state index contributed by atoms with van der Waals surface area (Å²) < 4.78 is 46.5. The third-order valence-electron chi connectivity index (χ3n) is 8.49. The number of hydrogen-bond acceptors (Lipinski definition) is 7. The molecule has 9 nitrogen and oxygen atoms in total. The summed E-state index contributed by atoms with van der Waals surface area (Å²) in [5, 5.41) is 2.94. The summed E-state index contributed by atoms with van der Waals surface area (Å²) in [4.78, 5) is 42.3. The monoisotopic (exact) mass is 600 g/mol. The Kier molecular flexibility index (Phi) is 7.42. The average Bonchev–Trinajstić information content (AvgIpc) is 3.19. The van der Waals surface area contributed by atoms with Gasteiger partial charge in [-0.1, -0.05) is 17.7 Å². The first-order valence-electron chi connectivity index (χ1n) is 13.7. The Balaban J connectivity index is 1.12. The number of fused-ring (bicyclic) bond motifs is 2. The minimum atomic E-state index is -2.90. The van der Waals surface area contributed by atoms with E-state index >= 15 is 0 Å². The lowest BCUT2D eigenvalue weighted by molar-refractivity contribution is -0.124. The van der Waals surface area contributed by atoms with Crippen molar-refractivity contribution in [3.8, 4) is 5.88 Å². The van der Waals surface area contributed by atoms with Gasteiger partial charge in [-0.2, -0.15) is 0 Å². The van der Waals surface area contributed by atoms with Crippen LogP contribution in [0.15, 0.2) is 43.0 Å². The fraction of sp³-hybridized carbons (Fsp3) is 0.414. The maximum atomic E-state index is 14.4. The molecule has 0 radical (unpaired) electrons. The molecular weight excluding hydrogens is 573 g/mol. The molecule has 4 heterocycles. The standard InChI is InChI=1S/C29H28ClF3N6O3/c1-42-27-23(11-34-15-36-27)38-13-29(14-38)21-7-4-18(31)9-22(21)39(28(29)41)12-16-2-5-19(6-3-16)37-26(40)20-8-17(30)10-35-24(20)25(32)33/h4,7-11,15-16,19,25H,2-3,5-6,12-14H2,1H3,(H,37,40). The molecule has 42 heavy (non-hydrogen) atoms. The third-order valence-corrected chi connectivity index (χ3v) is 8.70. The highest BCUT2D eigenvalue weighted by Gasteiger charge is 2.58. The second-order valence-electron chi connectivity index (χ2n) is 11.0. The van der Waals surface area contributed by atoms with Crippen LogP contribution >= 0.6 is 11.6 Å². The minimum Gasteiger partial charge on any atom is -0.479 e. The van der Waals surface area contributed by atoms with Crippen molar-refractivity contribution < 1.29 is 27.5 Å². The van der Waals surface area contributed by atoms with Crippen molar-refractivity contribution in [2.45, 2.75) is 43.6 Å². The van der Waals surface area contributed by atoms with E-state index in [0.29, 0.717) is 62.6 Å². The van der Waals surface area contributed by atoms with E-state index in [-0.39, 0.29) is 28.5 Å². The molecule has 1 aliphatic carbocycles. The Morgan fingerprint density at radius 2 is 1.90 bits per heavy atom. The van der Waals surface area contributed by atoms with Crippen LogP contribution in [0.2, 0.25) is 5.02 Å². The molecule has 3 aliphatic rings. The van der Waals surface area contributed by atoms with Crippen LogP contribution in [0.1, 0.15) is 53.7 Å². The Morgan fingerprint density at radius 3 is 2.62 bits per heavy atom. The summed E-state index contributed by atoms with van der Waals surface area (Å²) >= 11 is 5.90. The van der Waals surface area contributed by atoms with Gasteiger partial charge in [0.15, 0.2) is 0 Å². The van der Waals surface area contributed by atoms with Gasteiger partial charge in [-0.05, 0) is 55.4 Å². The Bertz CT molecular complexity index is 1530. The van der Waals surface area contributed by atoms with Gasteiger partial charge >= 0.3 is 0 Å². The van der Waals surface area contributed by atoms with Gasteiger partial charge in [-0.3, -0.25) is 14.6 Å². The van der Waals surface area contributed by atoms with Crippen molar-refractivity contribution in [3.05, 3.63) is 70.6 Å². The first-order valence-corrected chi connectivity index (χ1v) is 14.0. The molecule has 1 saturated heterocycles. The summed E-state index contributed by atoms with van der Waals surface area (Å²) in [7, 11) is 1.53. The zero-order valence-corrected chi connectivity index (χ0v) is 23.5. The predicted octanol–water partition coefficient (Wildman–Crippen LogP) is 4.70. The highest BCUT2D eigenvalue weighted by atomic mass is 35.5. The second-order valence-corrected chi connectivity index (χ2v) is 11.4. The van der Waals surface area contributed by atoms with E-state index in [1.54, 1.807) is 17.2 Å². The molecule has 3 aromatic rings. The molecule has 2 amide bonds. The third kappa shape index (κ3) is 4.91. The average molecular weight is 601 g/mol. The van der Waals surface area contributed by atoms with Crippen LogP contribution in [-0.4, -0.2) is 59.6 Å². The lowest BCUT2D eigenvalue weighted by Gasteiger charge is -2.48. The van der Waals surface area contributed by atoms with Gasteiger partial charge in [0.25, 0.3) is 12.3 Å². The molecular formula is C29H28ClF3N6O3. The van der Waals surface area contributed by atoms with Gasteiger partial charge in [0.05, 0.1) is 29.6 Å². The number of methoxy groups -OCH3 is 1. The number of pyridine rings is 1. The number of anilines is 2. The second kappa shape index (κ2) is 11.0. The smallest absolute Gasteiger partial charge is 0.281 e. The van der Waals surface area contributed by atoms with Crippen LogP contribution in [-0.2, 0) is 10.2 Å². The number of carbonyl (C=O) groups is 2. The summed E-state index contributed by atoms with van der Waals surface area (Å²) in [5.74, 6) is -0.583. The molecule has 6 rings (SSSR count). The topological polar surface area (TPSA) is 101 Å². The molecule has 0 atom stereocenters. The zero-order chi connectivity index (χ0) is 29.6. The van der Waals surface area contributed by atoms with Gasteiger partial charge < -0.3 is 19.9 Å². The van der Waals surface area contributed by atoms with Crippen molar-refractivity contribution in [2.24, 2.45) is 5.92 Å². The number of nitrogens with zero attached hydrogens (tertiary/aromatic N) is 5. The molecule has 2 fully saturated rings. The Morgan fingerprint density at radius 1 is 1.14 bits per heavy atom. The summed E-state index contributed by atoms with van der Waals surface area (Å²) in [6, 6.07) is 5.48. The molecule has 1 saturated carbocycles. The summed E-state index contributed by atoms with van der Waals surface area (Å²) in [6.07, 6.45) is 3.85. The normalized spacial score (nSPS) is 21.0. The van der Waals surface area contributed by atoms with Crippen LogP contribution < -0.4 is 19.9 Å². The summed E-state index contributed by atoms with van der Waals surface area (Å²) in [5.41, 5.74) is 0.426. The van der Waals surface area contributed by atoms with E-state index in [0.717, 1.165) is 11.8 Å². The zero-order valence-electron chi connectivity index (χ0n) is 22.7. The molecule has 220 valence electrons. The largest absolute Gasteiger partial charge is 0.479 e. The summed E-state index contributed by atoms with van der Waals surface area (Å²) in [6.45, 7) is 1.20. The van der Waals surface area contributed by atoms with Crippen LogP contribution in [0, 0.1) is 11.7 Å². The maximum Gasteiger partial charge on any atom is 0.281 e. The number of benzene rings is 1. The number of ether oxygens (including phenoxy) is 1. The minimum absolute atomic E-state index is 0.0708. The first-order chi connectivity index (χ1) is 20.2. The van der Waals surface area contributed by atoms with E-state index in [1.807, 2.05) is 4.90 Å². The van der Waals surface area contributed by atoms with Crippen LogP contribution in [0.4, 0.5) is 24.5 Å². The number of alkyl halides is 2. The number of rotatable bonds is 7. The van der Waals surface area contributed by atoms with E-state index in [9.17, 15) is 22.8 Å². The number of amides is 2. The number of halogens is 4. The predicted molar refractivity (Wildman–Crippen MR) is 149 cm³/mol. The van der Waals surface area contributed by atoms with Gasteiger partial charge in [-0.25, -0.2) is 23.1 Å². The molecule has 1 N–H and O–H groups in total. The van der Waals surface area contributed by atoms with E-state index in [4.69, 9.17) is 16.3 Å². The highest BCUT2D eigenvalue weighted by molar-refractivity contribution is 6.30. The van der Waals surface area contributed by atoms with Crippen molar-refractivity contribution in [2.75, 3.05) is 36.5 Å². The molecule has 0 bridgehead atoms. The van der Waals surface area contributed by atoms with Crippen molar-refractivity contribution in [1.82, 2.24) is 20.3 Å². The van der Waals surface area contributed by atoms with Crippen LogP contribution in [0.5, 0.6) is 5.88 Å². The number of carbonyl (C=O) groups excluding carboxylic acids is 2. The van der Waals surface area contributed by atoms with Crippen LogP contribution in [0.3, 0.4) is 0 Å². The van der Waals surface area contributed by atoms with Gasteiger partial charge in [0, 0.05) is 31.9 Å². The van der Waals surface area contributed by atoms with E-state index in [1.165, 1.54) is 31.6 Å². The van der Waals surface area contributed by atoms with Crippen molar-refractivity contribution in [1.29, 1.82) is 0 Å². The number of hydrogen-bond donors (Lipinski definition) is 1. The highest BCUT2D eigenvalue weighted by Crippen LogP contribution is 2.50. The number of aromatic nitrogens is 3. The molecule has 13 heteroatoms. The molecule has 2 aromatic heterocycles. The fourth-order valence-electron chi connectivity index (χ4n) is 6.38. The lowest BCUT2D eigenvalue weighted by atomic mass is 9.74. The Hall–Kier alpha value is -3.93. The molecule has 2 aliphatic heterocycles.